The van der Waals surface area contributed by atoms with Crippen molar-refractivity contribution in [2.75, 3.05) is 6.61 Å². The van der Waals surface area contributed by atoms with Crippen LogP contribution in [0.4, 0.5) is 4.79 Å². The Bertz CT molecular complexity index is 1270. The van der Waals surface area contributed by atoms with Crippen molar-refractivity contribution < 1.29 is 23.6 Å². The molecule has 4 aromatic rings. The van der Waals surface area contributed by atoms with Gasteiger partial charge in [0, 0.05) is 20.7 Å². The summed E-state index contributed by atoms with van der Waals surface area (Å²) >= 11 is 1.57. The van der Waals surface area contributed by atoms with E-state index in [4.69, 9.17) is 9.25 Å². The minimum atomic E-state index is -0.828. The largest absolute Gasteiger partial charge is 0.535 e. The molecule has 1 aromatic heterocycles. The average molecular weight is 460 g/mol. The van der Waals surface area contributed by atoms with Crippen LogP contribution in [0, 0.1) is 0 Å². The highest BCUT2D eigenvalue weighted by molar-refractivity contribution is 7.99. The summed E-state index contributed by atoms with van der Waals surface area (Å²) in [7, 11) is 0. The number of hydrogen-bond acceptors (Lipinski definition) is 7. The Morgan fingerprint density at radius 3 is 2.18 bits per heavy atom. The molecule has 0 amide bonds. The monoisotopic (exact) mass is 459 g/mol. The highest BCUT2D eigenvalue weighted by Crippen LogP contribution is 2.29. The maximum absolute atomic E-state index is 12.8. The Balaban J connectivity index is 1.40. The first-order chi connectivity index (χ1) is 16.0. The zero-order valence-electron chi connectivity index (χ0n) is 18.1. The molecule has 166 valence electrons. The Morgan fingerprint density at radius 1 is 0.909 bits per heavy atom. The van der Waals surface area contributed by atoms with Gasteiger partial charge < -0.3 is 9.15 Å². The standard InChI is InChI=1S/C26H21NO5S/c1-3-30-26(29)32-27-17(2)18-8-12-21(13-9-18)33-22-14-10-19(11-15-22)25(28)24-16-20-6-4-5-7-23(20)31-24/h4-16H,3H2,1-2H3/b27-17+. The predicted octanol–water partition coefficient (Wildman–Crippen LogP) is 6.71. The lowest BCUT2D eigenvalue weighted by atomic mass is 10.1. The van der Waals surface area contributed by atoms with Gasteiger partial charge in [0.05, 0.1) is 12.3 Å². The third kappa shape index (κ3) is 5.51. The summed E-state index contributed by atoms with van der Waals surface area (Å²) in [6.07, 6.45) is -0.828. The van der Waals surface area contributed by atoms with Gasteiger partial charge in [0.15, 0.2) is 5.76 Å². The normalized spacial score (nSPS) is 11.4. The molecule has 0 radical (unpaired) electrons. The SMILES string of the molecule is CCOC(=O)O/N=C(\C)c1ccc(Sc2ccc(C(=O)c3cc4ccccc4o3)cc2)cc1. The van der Waals surface area contributed by atoms with E-state index in [1.807, 2.05) is 60.7 Å². The van der Waals surface area contributed by atoms with Gasteiger partial charge in [-0.25, -0.2) is 4.79 Å². The van der Waals surface area contributed by atoms with Crippen LogP contribution in [0.2, 0.25) is 0 Å². The zero-order valence-corrected chi connectivity index (χ0v) is 18.9. The predicted molar refractivity (Wildman–Crippen MR) is 127 cm³/mol. The van der Waals surface area contributed by atoms with Crippen LogP contribution in [0.15, 0.2) is 98.2 Å². The summed E-state index contributed by atoms with van der Waals surface area (Å²) < 4.78 is 10.4. The molecule has 0 bridgehead atoms. The van der Waals surface area contributed by atoms with Crippen LogP contribution in [0.3, 0.4) is 0 Å². The van der Waals surface area contributed by atoms with Crippen molar-refractivity contribution in [1.29, 1.82) is 0 Å². The average Bonchev–Trinajstić information content (AvgIpc) is 3.28. The van der Waals surface area contributed by atoms with Crippen molar-refractivity contribution >= 4 is 40.4 Å². The molecule has 0 unspecified atom stereocenters. The van der Waals surface area contributed by atoms with Crippen molar-refractivity contribution in [3.63, 3.8) is 0 Å². The van der Waals surface area contributed by atoms with Gasteiger partial charge in [-0.3, -0.25) is 9.63 Å². The van der Waals surface area contributed by atoms with E-state index in [1.54, 1.807) is 43.8 Å². The van der Waals surface area contributed by atoms with Crippen LogP contribution in [0.1, 0.15) is 35.5 Å². The van der Waals surface area contributed by atoms with Gasteiger partial charge in [-0.15, -0.1) is 0 Å². The van der Waals surface area contributed by atoms with Crippen molar-refractivity contribution in [2.24, 2.45) is 5.16 Å². The van der Waals surface area contributed by atoms with E-state index < -0.39 is 6.16 Å². The molecule has 0 aliphatic carbocycles. The van der Waals surface area contributed by atoms with E-state index in [0.717, 1.165) is 20.7 Å². The van der Waals surface area contributed by atoms with E-state index in [1.165, 1.54) is 0 Å². The lowest BCUT2D eigenvalue weighted by Crippen LogP contribution is -2.05. The molecule has 0 fully saturated rings. The van der Waals surface area contributed by atoms with Gasteiger partial charge >= 0.3 is 6.16 Å². The molecular weight excluding hydrogens is 438 g/mol. The number of hydrogen-bond donors (Lipinski definition) is 0. The van der Waals surface area contributed by atoms with Gasteiger partial charge in [0.1, 0.15) is 5.58 Å². The van der Waals surface area contributed by atoms with Crippen molar-refractivity contribution in [3.8, 4) is 0 Å². The lowest BCUT2D eigenvalue weighted by molar-refractivity contribution is 0.0613. The number of nitrogens with zero attached hydrogens (tertiary/aromatic N) is 1. The first-order valence-corrected chi connectivity index (χ1v) is 11.1. The molecule has 6 nitrogen and oxygen atoms in total. The number of furan rings is 1. The highest BCUT2D eigenvalue weighted by atomic mass is 32.2. The molecule has 0 aliphatic rings. The summed E-state index contributed by atoms with van der Waals surface area (Å²) in [5.41, 5.74) is 2.66. The van der Waals surface area contributed by atoms with E-state index in [9.17, 15) is 9.59 Å². The number of carbonyl (C=O) groups is 2. The quantitative estimate of drug-likeness (QED) is 0.100. The highest BCUT2D eigenvalue weighted by Gasteiger charge is 2.14. The second-order valence-electron chi connectivity index (χ2n) is 7.08. The van der Waals surface area contributed by atoms with Gasteiger partial charge in [-0.05, 0) is 67.9 Å². The summed E-state index contributed by atoms with van der Waals surface area (Å²) in [4.78, 5) is 30.7. The van der Waals surface area contributed by atoms with Gasteiger partial charge in [-0.2, -0.15) is 0 Å². The molecule has 0 saturated heterocycles. The third-order valence-corrected chi connectivity index (χ3v) is 5.81. The topological polar surface area (TPSA) is 78.1 Å². The number of oxime groups is 1. The molecule has 0 atom stereocenters. The Hall–Kier alpha value is -3.84. The van der Waals surface area contributed by atoms with Crippen molar-refractivity contribution in [2.45, 2.75) is 23.6 Å². The number of rotatable bonds is 7. The number of carbonyl (C=O) groups excluding carboxylic acids is 2. The maximum atomic E-state index is 12.8. The molecule has 0 N–H and O–H groups in total. The number of ether oxygens (including phenoxy) is 1. The Kier molecular flexibility index (Phi) is 6.90. The molecule has 0 aliphatic heterocycles. The van der Waals surface area contributed by atoms with Crippen LogP contribution < -0.4 is 0 Å². The summed E-state index contributed by atoms with van der Waals surface area (Å²) in [5, 5.41) is 4.69. The molecule has 33 heavy (non-hydrogen) atoms. The minimum Gasteiger partial charge on any atom is -0.453 e. The summed E-state index contributed by atoms with van der Waals surface area (Å²) in [6, 6.07) is 24.5. The summed E-state index contributed by atoms with van der Waals surface area (Å²) in [6.45, 7) is 3.67. The molecule has 1 heterocycles. The fourth-order valence-electron chi connectivity index (χ4n) is 3.11. The molecular formula is C26H21NO5S. The van der Waals surface area contributed by atoms with Gasteiger partial charge in [-0.1, -0.05) is 47.2 Å². The van der Waals surface area contributed by atoms with Crippen molar-refractivity contribution in [3.05, 3.63) is 95.7 Å². The first-order valence-electron chi connectivity index (χ1n) is 10.3. The van der Waals surface area contributed by atoms with Crippen LogP contribution in [0.25, 0.3) is 11.0 Å². The Labute approximate surface area is 195 Å². The molecule has 7 heteroatoms. The van der Waals surface area contributed by atoms with Crippen LogP contribution in [-0.2, 0) is 9.57 Å². The van der Waals surface area contributed by atoms with E-state index in [-0.39, 0.29) is 12.4 Å². The molecule has 4 rings (SSSR count). The van der Waals surface area contributed by atoms with Crippen molar-refractivity contribution in [1.82, 2.24) is 0 Å². The minimum absolute atomic E-state index is 0.146. The number of ketones is 1. The van der Waals surface area contributed by atoms with Gasteiger partial charge in [0.25, 0.3) is 0 Å². The fraction of sp³-hybridized carbons (Fsp3) is 0.115. The summed E-state index contributed by atoms with van der Waals surface area (Å²) in [5.74, 6) is 0.183. The van der Waals surface area contributed by atoms with E-state index in [2.05, 4.69) is 9.89 Å². The van der Waals surface area contributed by atoms with E-state index in [0.29, 0.717) is 22.6 Å². The van der Waals surface area contributed by atoms with Gasteiger partial charge in [0.2, 0.25) is 5.78 Å². The van der Waals surface area contributed by atoms with Crippen LogP contribution >= 0.6 is 11.8 Å². The smallest absolute Gasteiger partial charge is 0.453 e. The molecule has 0 saturated carbocycles. The van der Waals surface area contributed by atoms with E-state index >= 15 is 0 Å². The fourth-order valence-corrected chi connectivity index (χ4v) is 3.93. The van der Waals surface area contributed by atoms with Crippen LogP contribution in [0.5, 0.6) is 0 Å². The Morgan fingerprint density at radius 2 is 1.55 bits per heavy atom. The lowest BCUT2D eigenvalue weighted by Gasteiger charge is -2.05. The number of fused-ring (bicyclic) bond motifs is 1. The zero-order chi connectivity index (χ0) is 23.2. The molecule has 3 aromatic carbocycles. The number of para-hydroxylation sites is 1. The number of benzene rings is 3. The second kappa shape index (κ2) is 10.2. The third-order valence-electron chi connectivity index (χ3n) is 4.79. The molecule has 0 spiro atoms. The first kappa shape index (κ1) is 22.4. The maximum Gasteiger partial charge on any atom is 0.535 e. The van der Waals surface area contributed by atoms with Crippen LogP contribution in [-0.4, -0.2) is 24.3 Å². The second-order valence-corrected chi connectivity index (χ2v) is 8.23.